The smallest absolute Gasteiger partial charge is 0.386 e. The molecule has 0 aliphatic carbocycles. The molecule has 8 aliphatic heterocycles. The summed E-state index contributed by atoms with van der Waals surface area (Å²) in [6, 6.07) is 0. The second kappa shape index (κ2) is 30.6. The van der Waals surface area contributed by atoms with E-state index in [4.69, 9.17) is 148 Å². The normalized spacial score (nSPS) is 34.8. The first-order valence-corrected chi connectivity index (χ1v) is 47.7. The summed E-state index contributed by atoms with van der Waals surface area (Å²) in [7, 11) is 1.12. The Labute approximate surface area is 669 Å². The van der Waals surface area contributed by atoms with Crippen molar-refractivity contribution in [1.82, 2.24) is 77.7 Å². The number of fused-ring (bicyclic) bond motifs is 9. The van der Waals surface area contributed by atoms with Crippen LogP contribution >= 0.6 is 45.9 Å². The van der Waals surface area contributed by atoms with Crippen molar-refractivity contribution >= 4 is 144 Å². The predicted molar refractivity (Wildman–Crippen MR) is 408 cm³/mol. The highest BCUT2D eigenvalue weighted by Gasteiger charge is 2.72. The molecule has 8 saturated heterocycles. The fourth-order valence-corrected chi connectivity index (χ4v) is 22.2. The number of imidazole rings is 3. The number of aromatic nitrogens is 16. The summed E-state index contributed by atoms with van der Waals surface area (Å²) in [5.41, 5.74) is 9.40. The number of nitrogens with zero attached hydrogens (tertiary/aromatic N) is 13. The number of aliphatic hydroxyl groups is 1. The molecule has 8 fully saturated rings. The van der Waals surface area contributed by atoms with Crippen LogP contribution in [0, 0.1) is 13.8 Å². The van der Waals surface area contributed by atoms with Crippen molar-refractivity contribution in [2.24, 2.45) is 0 Å². The first-order chi connectivity index (χ1) is 54.3. The second-order valence-corrected chi connectivity index (χ2v) is 42.1. The molecule has 26 atom stereocenters. The number of aryl methyl sites for hydroxylation is 2. The zero-order chi connectivity index (χ0) is 81.9. The van der Waals surface area contributed by atoms with E-state index in [9.17, 15) is 53.2 Å². The van der Waals surface area contributed by atoms with Crippen LogP contribution in [0.4, 0.5) is 17.6 Å². The molecule has 115 heavy (non-hydrogen) atoms. The molecule has 8 aromatic rings. The predicted octanol–water partition coefficient (Wildman–Crippen LogP) is -0.461. The largest absolute Gasteiger partial charge is 0.393 e. The van der Waals surface area contributed by atoms with Crippen LogP contribution in [0.3, 0.4) is 0 Å². The monoisotopic (exact) mass is 1800 g/mol. The molecule has 0 saturated carbocycles. The molecular weight excluding hydrogens is 1730 g/mol. The molecule has 0 amide bonds. The number of nitrogen functional groups attached to an aromatic ring is 3. The Morgan fingerprint density at radius 2 is 0.957 bits per heavy atom. The highest BCUT2D eigenvalue weighted by atomic mass is 32.7. The summed E-state index contributed by atoms with van der Waals surface area (Å²) in [6.07, 6.45) is -14.8. The van der Waals surface area contributed by atoms with Crippen molar-refractivity contribution in [2.45, 2.75) is 175 Å². The Hall–Kier alpha value is -5.53. The highest BCUT2D eigenvalue weighted by Crippen LogP contribution is 2.64. The number of anilines is 3. The zero-order valence-electron chi connectivity index (χ0n) is 60.3. The van der Waals surface area contributed by atoms with Crippen molar-refractivity contribution in [1.29, 1.82) is 0 Å². The van der Waals surface area contributed by atoms with Gasteiger partial charge in [0.15, 0.2) is 52.8 Å². The fourth-order valence-electron chi connectivity index (χ4n) is 15.4. The van der Waals surface area contributed by atoms with Gasteiger partial charge in [0.2, 0.25) is 5.95 Å². The molecule has 0 radical (unpaired) electrons. The van der Waals surface area contributed by atoms with E-state index in [1.54, 1.807) is 13.8 Å². The quantitative estimate of drug-likeness (QED) is 0.0208. The van der Waals surface area contributed by atoms with E-state index in [2.05, 4.69) is 67.1 Å². The van der Waals surface area contributed by atoms with Gasteiger partial charge in [-0.3, -0.25) is 74.8 Å². The van der Waals surface area contributed by atoms with E-state index in [-0.39, 0.29) is 75.0 Å². The SMILES string of the molecule is COP(O)(=S)OC1C[C@H](n2cc(C)c(=O)[nH]c2=O)O[C@@H]1COP(=O)(S)OC1C[C@H](n2cnc3c(N)ncnc32)O[C@@H]1COP(O)(=S)OC1[C@@H]2O[C@@H](C)[C@]1(COP(O)(=S)OC1[C@@H]3O[C@@H](C)[C@]1(COP(O)(=S)OC1[C@@H]4O[C@@H](C)[C@]1(CO)O[C@H]4n1cnc4c(=O)[nH]c(N)nc41)O[C@H]3n1cc(C)c(=O)[nH]c1=O)O[C@H]2n1cnc2c(N)ncnc21. The maximum atomic E-state index is 14.6. The van der Waals surface area contributed by atoms with E-state index in [1.807, 2.05) is 0 Å². The molecule has 624 valence electrons. The van der Waals surface area contributed by atoms with E-state index < -0.39 is 222 Å². The van der Waals surface area contributed by atoms with Gasteiger partial charge in [-0.1, -0.05) is 12.2 Å². The average Bonchev–Trinajstić information content (AvgIpc) is 1.55. The van der Waals surface area contributed by atoms with Crippen LogP contribution in [0.2, 0.25) is 0 Å². The summed E-state index contributed by atoms with van der Waals surface area (Å²) in [5, 5.41) is 11.1. The van der Waals surface area contributed by atoms with Gasteiger partial charge < -0.3 is 102 Å². The first-order valence-electron chi connectivity index (χ1n) is 34.6. The highest BCUT2D eigenvalue weighted by molar-refractivity contribution is 8.44. The van der Waals surface area contributed by atoms with Gasteiger partial charge in [-0.05, 0) is 81.8 Å². The third-order valence-electron chi connectivity index (χ3n) is 21.1. The lowest BCUT2D eigenvalue weighted by atomic mass is 9.94. The van der Waals surface area contributed by atoms with Crippen LogP contribution < -0.4 is 45.3 Å². The van der Waals surface area contributed by atoms with Crippen LogP contribution in [0.1, 0.15) is 75.9 Å². The first kappa shape index (κ1) is 83.1. The Kier molecular flexibility index (Phi) is 22.1. The number of thiol groups is 1. The van der Waals surface area contributed by atoms with Crippen molar-refractivity contribution in [3.8, 4) is 0 Å². The molecular formula is C57H72N19O29P5S5. The van der Waals surface area contributed by atoms with Gasteiger partial charge in [-0.25, -0.2) is 49.0 Å². The number of nitrogens with one attached hydrogen (secondary N) is 3. The third-order valence-corrected chi connectivity index (χ3v) is 29.1. The Morgan fingerprint density at radius 1 is 0.530 bits per heavy atom. The van der Waals surface area contributed by atoms with Gasteiger partial charge in [0.05, 0.1) is 76.4 Å². The van der Waals surface area contributed by atoms with Crippen LogP contribution in [0.25, 0.3) is 33.5 Å². The van der Waals surface area contributed by atoms with E-state index in [0.29, 0.717) is 0 Å². The molecule has 16 heterocycles. The van der Waals surface area contributed by atoms with E-state index >= 15 is 0 Å². The van der Waals surface area contributed by atoms with Gasteiger partial charge in [0, 0.05) is 43.5 Å². The summed E-state index contributed by atoms with van der Waals surface area (Å²) in [4.78, 5) is 153. The van der Waals surface area contributed by atoms with E-state index in [0.717, 1.165) is 16.2 Å². The van der Waals surface area contributed by atoms with E-state index in [1.165, 1.54) is 78.5 Å². The van der Waals surface area contributed by atoms with Gasteiger partial charge in [-0.15, -0.1) is 0 Å². The second-order valence-electron chi connectivity index (χ2n) is 27.9. The topological polar surface area (TPSA) is 623 Å². The van der Waals surface area contributed by atoms with Crippen LogP contribution in [0.5, 0.6) is 0 Å². The average molecular weight is 1800 g/mol. The molecule has 16 rings (SSSR count). The minimum absolute atomic E-state index is 0.0140. The number of hydrogen-bond acceptors (Lipinski definition) is 40. The lowest BCUT2D eigenvalue weighted by Gasteiger charge is -2.38. The lowest BCUT2D eigenvalue weighted by Crippen LogP contribution is -2.52. The molecule has 8 aromatic heterocycles. The molecule has 58 heteroatoms. The van der Waals surface area contributed by atoms with Gasteiger partial charge in [0.25, 0.3) is 16.7 Å². The van der Waals surface area contributed by atoms with Crippen molar-refractivity contribution in [3.63, 3.8) is 0 Å². The summed E-state index contributed by atoms with van der Waals surface area (Å²) in [5.74, 6) is -0.235. The summed E-state index contributed by atoms with van der Waals surface area (Å²) in [6.45, 7) is -19.2. The van der Waals surface area contributed by atoms with Crippen molar-refractivity contribution in [2.75, 3.05) is 57.3 Å². The summed E-state index contributed by atoms with van der Waals surface area (Å²) < 4.78 is 134. The Bertz CT molecular complexity index is 5770. The number of aliphatic hydroxyl groups excluding tert-OH is 1. The molecule has 6 bridgehead atoms. The number of aromatic amines is 3. The lowest BCUT2D eigenvalue weighted by molar-refractivity contribution is -0.218. The minimum atomic E-state index is -4.87. The van der Waals surface area contributed by atoms with Crippen molar-refractivity contribution in [3.05, 3.63) is 107 Å². The number of rotatable bonds is 29. The minimum Gasteiger partial charge on any atom is -0.393 e. The van der Waals surface area contributed by atoms with Crippen LogP contribution in [0.15, 0.2) is 68.0 Å². The Balaban J connectivity index is 0.662. The van der Waals surface area contributed by atoms with Crippen LogP contribution in [-0.4, -0.2) is 239 Å². The van der Waals surface area contributed by atoms with Crippen LogP contribution in [-0.2, 0) is 135 Å². The molecule has 8 aliphatic rings. The molecule has 0 aromatic carbocycles. The van der Waals surface area contributed by atoms with Gasteiger partial charge >= 0.3 is 45.1 Å². The standard InChI is InChI=1S/C57H72N19O29P5S5/c1-21-9-72(53(81)70-46(21)78)30-7-26(101-106(83,111)88-6)28(96-30)11-89-107(84,112)102-27-8-31(74-18-65-32-41(58)61-16-63-43(32)74)97-29(27)12-90-108(85,113)104-40-37-50(75-19-66-33-42(59)62-17-64-44(33)75)100-57(40,25(5)95-37)15-92-110(87,115)105-39-36-49(73-10-22(2)47(79)71-54(73)82)99-56(39,24(4)94-36)14-91-109(86,114)103-38-35-51(98-55(38,13-77)23(3)93-35)76-20-67-34-45(76)68-52(60)69-48(34)80/h9-10,16-20,23-31,35-40,49-51,77H,7-8,11-15H2,1-6H3,(H,83,111)(H,84,112)(H,85,113)(H,86,114)(H,87,115)(H2,58,61,63)(H2,59,62,64)(H,70,78,81)(H,71,79,82)(H3,60,68,69,80)/t23-,24-,25-,26?,27?,28+,29+,30+,31+,35-,36-,37-,38?,39?,40?,49+,50+,51+,55-,56-,57-,106?,107?,108?,109?,110?/m0/s1. The van der Waals surface area contributed by atoms with Crippen molar-refractivity contribution < 1.29 is 112 Å². The third kappa shape index (κ3) is 15.1. The maximum Gasteiger partial charge on any atom is 0.386 e. The number of nitrogens with two attached hydrogens (primary N) is 3. The fraction of sp³-hybridized carbons (Fsp3) is 0.596. The van der Waals surface area contributed by atoms with Gasteiger partial charge in [-0.2, -0.15) is 4.98 Å². The molecule has 0 spiro atoms. The number of hydrogen-bond donors (Lipinski definition) is 12. The number of ether oxygens (including phenoxy) is 8. The maximum absolute atomic E-state index is 14.6. The zero-order valence-corrected chi connectivity index (χ0v) is 68.9. The molecule has 48 nitrogen and oxygen atoms in total. The molecule has 14 N–H and O–H groups in total. The van der Waals surface area contributed by atoms with Gasteiger partial charge in [0.1, 0.15) is 108 Å². The Morgan fingerprint density at radius 3 is 1.49 bits per heavy atom. The molecule has 10 unspecified atom stereocenters. The summed E-state index contributed by atoms with van der Waals surface area (Å²) >= 11 is 26.9. The number of H-pyrrole nitrogens is 3.